The number of oxime groups is 1. The lowest BCUT2D eigenvalue weighted by Crippen LogP contribution is -2.16. The summed E-state index contributed by atoms with van der Waals surface area (Å²) in [6.45, 7) is 4.11. The molecule has 0 aliphatic carbocycles. The number of halogens is 1. The van der Waals surface area contributed by atoms with Crippen LogP contribution in [0.25, 0.3) is 6.08 Å². The van der Waals surface area contributed by atoms with Crippen LogP contribution in [0, 0.1) is 0 Å². The maximum Gasteiger partial charge on any atom is 0.278 e. The van der Waals surface area contributed by atoms with E-state index < -0.39 is 6.01 Å². The summed E-state index contributed by atoms with van der Waals surface area (Å²) in [6.07, 6.45) is 1.34. The lowest BCUT2D eigenvalue weighted by Gasteiger charge is -2.08. The fraction of sp³-hybridized carbons (Fsp3) is 0.185. The van der Waals surface area contributed by atoms with Gasteiger partial charge in [-0.2, -0.15) is 4.39 Å². The van der Waals surface area contributed by atoms with Gasteiger partial charge in [-0.05, 0) is 35.4 Å². The summed E-state index contributed by atoms with van der Waals surface area (Å²) in [7, 11) is 3.47. The van der Waals surface area contributed by atoms with Gasteiger partial charge in [0.25, 0.3) is 6.01 Å². The molecule has 0 N–H and O–H groups in total. The van der Waals surface area contributed by atoms with Crippen molar-refractivity contribution >= 4 is 17.5 Å². The van der Waals surface area contributed by atoms with Crippen LogP contribution in [0.1, 0.15) is 36.1 Å². The topological polar surface area (TPSA) is 43.1 Å². The van der Waals surface area contributed by atoms with E-state index in [1.54, 1.807) is 42.2 Å². The molecule has 0 heterocycles. The summed E-state index contributed by atoms with van der Waals surface area (Å²) in [5, 5.41) is 4.24. The molecular weight excluding hydrogens is 419 g/mol. The molecule has 3 aromatic rings. The highest BCUT2D eigenvalue weighted by Gasteiger charge is 2.14. The molecule has 0 amide bonds. The number of hydroxylamine groups is 1. The molecule has 170 valence electrons. The Kier molecular flexibility index (Phi) is 8.36. The largest absolute Gasteiger partial charge is 0.432 e. The predicted molar refractivity (Wildman–Crippen MR) is 129 cm³/mol. The standard InChI is InChI=1S/C27H28FN2O3/c1-20(29-32-19-24-13-8-9-16-26(24)21(2)30(3)31-4)23-14-10-15-25(18-23)33-27(28)17-22-11-6-5-7-12-22/h5-18H,19H2,1-4H3/q+1/b27-17-,29-20+,30-21+. The fourth-order valence-electron chi connectivity index (χ4n) is 3.16. The molecule has 3 rings (SSSR count). The molecule has 3 aromatic carbocycles. The third-order valence-corrected chi connectivity index (χ3v) is 5.12. The van der Waals surface area contributed by atoms with E-state index in [2.05, 4.69) is 5.16 Å². The molecule has 0 bridgehead atoms. The highest BCUT2D eigenvalue weighted by atomic mass is 19.1. The van der Waals surface area contributed by atoms with E-state index >= 15 is 0 Å². The van der Waals surface area contributed by atoms with E-state index in [-0.39, 0.29) is 0 Å². The van der Waals surface area contributed by atoms with Gasteiger partial charge in [0.05, 0.1) is 11.3 Å². The molecule has 0 saturated carbocycles. The van der Waals surface area contributed by atoms with Crippen LogP contribution >= 0.6 is 0 Å². The summed E-state index contributed by atoms with van der Waals surface area (Å²) >= 11 is 0. The monoisotopic (exact) mass is 447 g/mol. The fourth-order valence-corrected chi connectivity index (χ4v) is 3.16. The maximum atomic E-state index is 14.3. The molecule has 0 spiro atoms. The highest BCUT2D eigenvalue weighted by molar-refractivity contribution is 5.98. The van der Waals surface area contributed by atoms with Crippen LogP contribution in [0.3, 0.4) is 0 Å². The van der Waals surface area contributed by atoms with Gasteiger partial charge >= 0.3 is 0 Å². The summed E-state index contributed by atoms with van der Waals surface area (Å²) in [5.41, 5.74) is 5.12. The molecule has 0 aliphatic heterocycles. The SMILES string of the molecule is CO/[N+](C)=C(\C)c1ccccc1CO/N=C(\C)c1cccc(O/C(F)=C\c2ccccc2)c1. The van der Waals surface area contributed by atoms with Crippen LogP contribution in [0.15, 0.2) is 90.0 Å². The van der Waals surface area contributed by atoms with Gasteiger partial charge in [-0.3, -0.25) is 4.84 Å². The van der Waals surface area contributed by atoms with Gasteiger partial charge < -0.3 is 9.57 Å². The predicted octanol–water partition coefficient (Wildman–Crippen LogP) is 5.99. The zero-order chi connectivity index (χ0) is 23.6. The van der Waals surface area contributed by atoms with Crippen molar-refractivity contribution in [1.29, 1.82) is 0 Å². The Hall–Kier alpha value is -3.93. The molecule has 0 unspecified atom stereocenters. The van der Waals surface area contributed by atoms with Gasteiger partial charge in [0.15, 0.2) is 7.05 Å². The van der Waals surface area contributed by atoms with Gasteiger partial charge in [-0.1, -0.05) is 65.8 Å². The van der Waals surface area contributed by atoms with E-state index in [0.717, 1.165) is 28.0 Å². The molecule has 0 radical (unpaired) electrons. The van der Waals surface area contributed by atoms with Crippen molar-refractivity contribution in [2.24, 2.45) is 5.16 Å². The van der Waals surface area contributed by atoms with Crippen molar-refractivity contribution in [2.75, 3.05) is 14.2 Å². The lowest BCUT2D eigenvalue weighted by molar-refractivity contribution is -0.760. The zero-order valence-corrected chi connectivity index (χ0v) is 19.3. The molecule has 0 fully saturated rings. The Balaban J connectivity index is 1.68. The first-order chi connectivity index (χ1) is 16.0. The molecular formula is C27H28FN2O3+. The van der Waals surface area contributed by atoms with Crippen LogP contribution in [0.5, 0.6) is 5.75 Å². The second kappa shape index (κ2) is 11.6. The van der Waals surface area contributed by atoms with Crippen molar-refractivity contribution < 1.29 is 23.5 Å². The maximum absolute atomic E-state index is 14.3. The summed E-state index contributed by atoms with van der Waals surface area (Å²) in [5.74, 6) is 0.380. The van der Waals surface area contributed by atoms with Crippen LogP contribution in [0.4, 0.5) is 4.39 Å². The number of hydrogen-bond donors (Lipinski definition) is 0. The Morgan fingerprint density at radius 3 is 2.45 bits per heavy atom. The van der Waals surface area contributed by atoms with Crippen molar-refractivity contribution in [1.82, 2.24) is 0 Å². The summed E-state index contributed by atoms with van der Waals surface area (Å²) < 4.78 is 21.3. The molecule has 33 heavy (non-hydrogen) atoms. The molecule has 0 saturated heterocycles. The third-order valence-electron chi connectivity index (χ3n) is 5.12. The van der Waals surface area contributed by atoms with Crippen LogP contribution in [-0.4, -0.2) is 30.3 Å². The summed E-state index contributed by atoms with van der Waals surface area (Å²) in [4.78, 5) is 10.9. The average molecular weight is 448 g/mol. The Morgan fingerprint density at radius 2 is 1.70 bits per heavy atom. The number of nitrogens with zero attached hydrogens (tertiary/aromatic N) is 2. The van der Waals surface area contributed by atoms with Crippen molar-refractivity contribution in [2.45, 2.75) is 20.5 Å². The molecule has 5 nitrogen and oxygen atoms in total. The molecule has 0 aromatic heterocycles. The molecule has 0 atom stereocenters. The Morgan fingerprint density at radius 1 is 0.970 bits per heavy atom. The second-order valence-corrected chi connectivity index (χ2v) is 7.36. The van der Waals surface area contributed by atoms with Gasteiger partial charge in [-0.15, -0.1) is 0 Å². The van der Waals surface area contributed by atoms with Crippen molar-refractivity contribution in [3.05, 3.63) is 107 Å². The Bertz CT molecular complexity index is 1170. The lowest BCUT2D eigenvalue weighted by atomic mass is 10.0. The van der Waals surface area contributed by atoms with Crippen LogP contribution in [0.2, 0.25) is 0 Å². The van der Waals surface area contributed by atoms with Gasteiger partial charge in [0.1, 0.15) is 19.5 Å². The minimum atomic E-state index is -0.687. The molecule has 0 aliphatic rings. The normalized spacial score (nSPS) is 12.8. The van der Waals surface area contributed by atoms with Crippen molar-refractivity contribution in [3.63, 3.8) is 0 Å². The average Bonchev–Trinajstić information content (AvgIpc) is 2.84. The number of rotatable bonds is 9. The van der Waals surface area contributed by atoms with E-state index in [9.17, 15) is 4.39 Å². The van der Waals surface area contributed by atoms with E-state index in [1.165, 1.54) is 6.08 Å². The minimum Gasteiger partial charge on any atom is -0.432 e. The van der Waals surface area contributed by atoms with Gasteiger partial charge in [0, 0.05) is 24.1 Å². The smallest absolute Gasteiger partial charge is 0.278 e. The first kappa shape index (κ1) is 23.7. The summed E-state index contributed by atoms with van der Waals surface area (Å²) in [6, 6.07) is 23.5. The van der Waals surface area contributed by atoms with Gasteiger partial charge in [0.2, 0.25) is 5.71 Å². The van der Waals surface area contributed by atoms with Crippen molar-refractivity contribution in [3.8, 4) is 5.75 Å². The number of hydrogen-bond acceptors (Lipinski definition) is 4. The van der Waals surface area contributed by atoms with Crippen LogP contribution < -0.4 is 4.74 Å². The quantitative estimate of drug-likeness (QED) is 0.175. The first-order valence-corrected chi connectivity index (χ1v) is 10.5. The minimum absolute atomic E-state index is 0.299. The number of ether oxygens (including phenoxy) is 1. The second-order valence-electron chi connectivity index (χ2n) is 7.36. The highest BCUT2D eigenvalue weighted by Crippen LogP contribution is 2.19. The van der Waals surface area contributed by atoms with Gasteiger partial charge in [-0.25, -0.2) is 0 Å². The van der Waals surface area contributed by atoms with E-state index in [4.69, 9.17) is 14.4 Å². The molecule has 6 heteroatoms. The van der Waals surface area contributed by atoms with Crippen LogP contribution in [-0.2, 0) is 16.3 Å². The Labute approximate surface area is 194 Å². The van der Waals surface area contributed by atoms with E-state index in [1.807, 2.05) is 69.4 Å². The zero-order valence-electron chi connectivity index (χ0n) is 19.3. The number of benzene rings is 3. The van der Waals surface area contributed by atoms with E-state index in [0.29, 0.717) is 18.1 Å². The third kappa shape index (κ3) is 6.77. The first-order valence-electron chi connectivity index (χ1n) is 10.5.